The first-order valence-electron chi connectivity index (χ1n) is 5.61. The predicted molar refractivity (Wildman–Crippen MR) is 70.4 cm³/mol. The van der Waals surface area contributed by atoms with Crippen LogP contribution in [0.15, 0.2) is 12.1 Å². The van der Waals surface area contributed by atoms with Gasteiger partial charge >= 0.3 is 0 Å². The predicted octanol–water partition coefficient (Wildman–Crippen LogP) is 3.83. The van der Waals surface area contributed by atoms with Crippen LogP contribution in [0.1, 0.15) is 40.9 Å². The molecule has 0 radical (unpaired) electrons. The summed E-state index contributed by atoms with van der Waals surface area (Å²) < 4.78 is 0. The SMILES string of the molecule is Cc1cc(C)c2c(c1)CC(C)(C)[C@@H](Br)C2=O. The van der Waals surface area contributed by atoms with Crippen molar-refractivity contribution in [3.05, 3.63) is 34.4 Å². The summed E-state index contributed by atoms with van der Waals surface area (Å²) in [6.07, 6.45) is 0.965. The van der Waals surface area contributed by atoms with Crippen LogP contribution in [0, 0.1) is 19.3 Å². The van der Waals surface area contributed by atoms with E-state index >= 15 is 0 Å². The number of hydrogen-bond donors (Lipinski definition) is 0. The summed E-state index contributed by atoms with van der Waals surface area (Å²) in [5, 5.41) is 0. The van der Waals surface area contributed by atoms with Gasteiger partial charge in [-0.25, -0.2) is 0 Å². The molecule has 16 heavy (non-hydrogen) atoms. The largest absolute Gasteiger partial charge is 0.293 e. The second-order valence-electron chi connectivity index (χ2n) is 5.51. The molecule has 0 unspecified atom stereocenters. The molecule has 1 aromatic rings. The molecule has 0 aromatic heterocycles. The van der Waals surface area contributed by atoms with Crippen molar-refractivity contribution in [2.75, 3.05) is 0 Å². The average molecular weight is 281 g/mol. The fraction of sp³-hybridized carbons (Fsp3) is 0.500. The third kappa shape index (κ3) is 1.73. The number of fused-ring (bicyclic) bond motifs is 1. The zero-order valence-corrected chi connectivity index (χ0v) is 11.8. The van der Waals surface area contributed by atoms with Crippen LogP contribution in [0.4, 0.5) is 0 Å². The van der Waals surface area contributed by atoms with Gasteiger partial charge in [0.25, 0.3) is 0 Å². The first kappa shape index (κ1) is 11.8. The smallest absolute Gasteiger partial charge is 0.177 e. The number of ketones is 1. The first-order valence-corrected chi connectivity index (χ1v) is 6.53. The van der Waals surface area contributed by atoms with Crippen molar-refractivity contribution in [3.63, 3.8) is 0 Å². The summed E-state index contributed by atoms with van der Waals surface area (Å²) in [6.45, 7) is 8.41. The fourth-order valence-corrected chi connectivity index (χ4v) is 3.00. The highest BCUT2D eigenvalue weighted by Crippen LogP contribution is 2.40. The van der Waals surface area contributed by atoms with Gasteiger partial charge in [0.05, 0.1) is 4.83 Å². The minimum Gasteiger partial charge on any atom is -0.293 e. The molecule has 2 heteroatoms. The van der Waals surface area contributed by atoms with Crippen molar-refractivity contribution in [3.8, 4) is 0 Å². The van der Waals surface area contributed by atoms with Gasteiger partial charge in [0.15, 0.2) is 5.78 Å². The number of aryl methyl sites for hydroxylation is 2. The lowest BCUT2D eigenvalue weighted by Crippen LogP contribution is -2.39. The molecule has 86 valence electrons. The molecule has 0 amide bonds. The van der Waals surface area contributed by atoms with Gasteiger partial charge in [-0.2, -0.15) is 0 Å². The molecule has 1 aromatic carbocycles. The quantitative estimate of drug-likeness (QED) is 0.660. The van der Waals surface area contributed by atoms with Crippen molar-refractivity contribution in [1.29, 1.82) is 0 Å². The minimum absolute atomic E-state index is 0.00428. The maximum atomic E-state index is 12.3. The Balaban J connectivity index is 2.64. The van der Waals surface area contributed by atoms with E-state index in [1.807, 2.05) is 6.92 Å². The van der Waals surface area contributed by atoms with Crippen LogP contribution in [0.2, 0.25) is 0 Å². The molecule has 2 rings (SSSR count). The van der Waals surface area contributed by atoms with E-state index in [4.69, 9.17) is 0 Å². The molecule has 1 aliphatic rings. The summed E-state index contributed by atoms with van der Waals surface area (Å²) in [6, 6.07) is 4.25. The van der Waals surface area contributed by atoms with E-state index in [0.29, 0.717) is 0 Å². The van der Waals surface area contributed by atoms with Crippen molar-refractivity contribution in [2.45, 2.75) is 38.9 Å². The van der Waals surface area contributed by atoms with Gasteiger partial charge in [0, 0.05) is 5.56 Å². The molecule has 0 bridgehead atoms. The Hall–Kier alpha value is -0.630. The Morgan fingerprint density at radius 3 is 2.56 bits per heavy atom. The third-order valence-electron chi connectivity index (χ3n) is 3.37. The van der Waals surface area contributed by atoms with Gasteiger partial charge in [-0.15, -0.1) is 0 Å². The molecule has 0 heterocycles. The lowest BCUT2D eigenvalue weighted by atomic mass is 9.72. The molecule has 0 saturated carbocycles. The second kappa shape index (κ2) is 3.69. The number of hydrogen-bond acceptors (Lipinski definition) is 1. The Labute approximate surface area is 105 Å². The monoisotopic (exact) mass is 280 g/mol. The van der Waals surface area contributed by atoms with Gasteiger partial charge in [-0.1, -0.05) is 47.5 Å². The molecular formula is C14H17BrO. The maximum Gasteiger partial charge on any atom is 0.177 e. The summed E-state index contributed by atoms with van der Waals surface area (Å²) in [4.78, 5) is 12.3. The molecule has 1 aliphatic carbocycles. The van der Waals surface area contributed by atoms with Crippen LogP contribution in [-0.2, 0) is 6.42 Å². The summed E-state index contributed by atoms with van der Waals surface area (Å²) in [5.41, 5.74) is 4.51. The lowest BCUT2D eigenvalue weighted by molar-refractivity contribution is 0.0928. The average Bonchev–Trinajstić information content (AvgIpc) is 2.12. The van der Waals surface area contributed by atoms with E-state index in [1.54, 1.807) is 0 Å². The van der Waals surface area contributed by atoms with Gasteiger partial charge < -0.3 is 0 Å². The molecule has 0 aliphatic heterocycles. The standard InChI is InChI=1S/C14H17BrO/c1-8-5-9(2)11-10(6-8)7-14(3,4)13(15)12(11)16/h5-6,13H,7H2,1-4H3/t13-/m0/s1. The molecule has 1 nitrogen and oxygen atoms in total. The van der Waals surface area contributed by atoms with Gasteiger partial charge in [-0.05, 0) is 36.8 Å². The second-order valence-corrected chi connectivity index (χ2v) is 6.42. The molecule has 0 N–H and O–H groups in total. The zero-order valence-electron chi connectivity index (χ0n) is 10.2. The van der Waals surface area contributed by atoms with Crippen LogP contribution in [0.5, 0.6) is 0 Å². The van der Waals surface area contributed by atoms with E-state index in [2.05, 4.69) is 48.8 Å². The summed E-state index contributed by atoms with van der Waals surface area (Å²) >= 11 is 3.55. The Kier molecular flexibility index (Phi) is 2.73. The number of Topliss-reactive ketones (excluding diaryl/α,β-unsaturated/α-hetero) is 1. The Bertz CT molecular complexity index is 460. The maximum absolute atomic E-state index is 12.3. The Morgan fingerprint density at radius 2 is 1.94 bits per heavy atom. The van der Waals surface area contributed by atoms with Crippen LogP contribution in [-0.4, -0.2) is 10.6 Å². The van der Waals surface area contributed by atoms with Crippen LogP contribution in [0.25, 0.3) is 0 Å². The van der Waals surface area contributed by atoms with Gasteiger partial charge in [-0.3, -0.25) is 4.79 Å². The van der Waals surface area contributed by atoms with E-state index in [1.165, 1.54) is 11.1 Å². The number of alkyl halides is 1. The van der Waals surface area contributed by atoms with Crippen molar-refractivity contribution in [2.24, 2.45) is 5.41 Å². The highest BCUT2D eigenvalue weighted by atomic mass is 79.9. The number of rotatable bonds is 0. The summed E-state index contributed by atoms with van der Waals surface area (Å²) in [5.74, 6) is 0.240. The fourth-order valence-electron chi connectivity index (χ4n) is 2.61. The number of carbonyl (C=O) groups is 1. The van der Waals surface area contributed by atoms with E-state index in [0.717, 1.165) is 17.5 Å². The molecule has 0 spiro atoms. The molecule has 1 atom stereocenters. The van der Waals surface area contributed by atoms with Gasteiger partial charge in [0.2, 0.25) is 0 Å². The van der Waals surface area contributed by atoms with E-state index in [9.17, 15) is 4.79 Å². The van der Waals surface area contributed by atoms with Gasteiger partial charge in [0.1, 0.15) is 0 Å². The topological polar surface area (TPSA) is 17.1 Å². The van der Waals surface area contributed by atoms with Crippen molar-refractivity contribution >= 4 is 21.7 Å². The lowest BCUT2D eigenvalue weighted by Gasteiger charge is -2.36. The third-order valence-corrected chi connectivity index (χ3v) is 5.03. The van der Waals surface area contributed by atoms with Crippen LogP contribution in [0.3, 0.4) is 0 Å². The highest BCUT2D eigenvalue weighted by molar-refractivity contribution is 9.10. The zero-order chi connectivity index (χ0) is 12.1. The molecular weight excluding hydrogens is 264 g/mol. The number of halogens is 1. The summed E-state index contributed by atoms with van der Waals surface area (Å²) in [7, 11) is 0. The Morgan fingerprint density at radius 1 is 1.31 bits per heavy atom. The van der Waals surface area contributed by atoms with Crippen molar-refractivity contribution < 1.29 is 4.79 Å². The molecule has 0 saturated heterocycles. The highest BCUT2D eigenvalue weighted by Gasteiger charge is 2.40. The normalized spacial score (nSPS) is 23.1. The van der Waals surface area contributed by atoms with Crippen molar-refractivity contribution in [1.82, 2.24) is 0 Å². The number of carbonyl (C=O) groups excluding carboxylic acids is 1. The van der Waals surface area contributed by atoms with Crippen LogP contribution < -0.4 is 0 Å². The first-order chi connectivity index (χ1) is 7.33. The van der Waals surface area contributed by atoms with E-state index in [-0.39, 0.29) is 16.0 Å². The van der Waals surface area contributed by atoms with Crippen LogP contribution >= 0.6 is 15.9 Å². The molecule has 0 fully saturated rings. The minimum atomic E-state index is -0.0612. The number of benzene rings is 1. The van der Waals surface area contributed by atoms with E-state index < -0.39 is 0 Å².